The maximum absolute atomic E-state index is 13.3. The number of amides is 1. The van der Waals surface area contributed by atoms with E-state index >= 15 is 0 Å². The molecule has 4 heterocycles. The summed E-state index contributed by atoms with van der Waals surface area (Å²) in [6.07, 6.45) is 7.11. The van der Waals surface area contributed by atoms with Crippen molar-refractivity contribution in [2.75, 3.05) is 11.4 Å². The normalized spacial score (nSPS) is 18.9. The summed E-state index contributed by atoms with van der Waals surface area (Å²) in [5.41, 5.74) is 4.02. The van der Waals surface area contributed by atoms with Crippen molar-refractivity contribution in [1.29, 1.82) is 0 Å². The van der Waals surface area contributed by atoms with Crippen LogP contribution in [-0.2, 0) is 31.4 Å². The fourth-order valence-corrected chi connectivity index (χ4v) is 4.78. The molecule has 0 aliphatic carbocycles. The Balaban J connectivity index is 1.46. The Morgan fingerprint density at radius 1 is 1.09 bits per heavy atom. The van der Waals surface area contributed by atoms with Gasteiger partial charge in [0.2, 0.25) is 5.91 Å². The van der Waals surface area contributed by atoms with E-state index < -0.39 is 0 Å². The first-order valence-electron chi connectivity index (χ1n) is 11.1. The number of carbonyl (C=O) groups excluding carboxylic acids is 1. The largest absolute Gasteiger partial charge is 0.292 e. The van der Waals surface area contributed by atoms with Crippen LogP contribution in [0.5, 0.6) is 0 Å². The maximum Gasteiger partial charge on any atom is 0.228 e. The van der Waals surface area contributed by atoms with E-state index in [-0.39, 0.29) is 17.8 Å². The zero-order chi connectivity index (χ0) is 22.2. The summed E-state index contributed by atoms with van der Waals surface area (Å²) < 4.78 is 15.2. The average Bonchev–Trinajstić information content (AvgIpc) is 3.40. The number of benzene rings is 1. The molecule has 1 fully saturated rings. The van der Waals surface area contributed by atoms with Crippen molar-refractivity contribution in [3.63, 3.8) is 0 Å². The molecule has 5 rings (SSSR count). The van der Waals surface area contributed by atoms with Gasteiger partial charge >= 0.3 is 0 Å². The molecule has 1 atom stereocenters. The second-order valence-corrected chi connectivity index (χ2v) is 8.73. The van der Waals surface area contributed by atoms with Gasteiger partial charge in [0.1, 0.15) is 17.5 Å². The molecule has 1 aromatic carbocycles. The molecule has 7 nitrogen and oxygen atoms in total. The van der Waals surface area contributed by atoms with Gasteiger partial charge in [-0.15, -0.1) is 0 Å². The lowest BCUT2D eigenvalue weighted by Gasteiger charge is -2.31. The number of anilines is 1. The molecule has 166 valence electrons. The summed E-state index contributed by atoms with van der Waals surface area (Å²) in [6.45, 7) is 4.18. The number of fused-ring (bicyclic) bond motifs is 1. The molecule has 0 saturated carbocycles. The maximum atomic E-state index is 13.3. The van der Waals surface area contributed by atoms with Crippen molar-refractivity contribution in [3.05, 3.63) is 70.7 Å². The minimum atomic E-state index is -0.283. The molecule has 0 bridgehead atoms. The highest BCUT2D eigenvalue weighted by atomic mass is 19.1. The van der Waals surface area contributed by atoms with E-state index in [4.69, 9.17) is 9.97 Å². The van der Waals surface area contributed by atoms with Crippen molar-refractivity contribution in [3.8, 4) is 0 Å². The highest BCUT2D eigenvalue weighted by molar-refractivity contribution is 5.95. The molecule has 2 aliphatic heterocycles. The summed E-state index contributed by atoms with van der Waals surface area (Å²) in [5, 5.41) is 4.28. The Morgan fingerprint density at radius 3 is 2.66 bits per heavy atom. The summed E-state index contributed by atoms with van der Waals surface area (Å²) >= 11 is 0. The Bertz CT molecular complexity index is 1140. The number of nitrogens with zero attached hydrogens (tertiary/aromatic N) is 6. The Labute approximate surface area is 186 Å². The Kier molecular flexibility index (Phi) is 5.46. The SMILES string of the molecule is Cc1nc(C2CCCN2Cc2cnn(C)c2)nc2c1CCC(=O)N2Cc1ccc(F)cc1. The van der Waals surface area contributed by atoms with Crippen LogP contribution in [0.25, 0.3) is 0 Å². The quantitative estimate of drug-likeness (QED) is 0.615. The van der Waals surface area contributed by atoms with Gasteiger partial charge in [-0.05, 0) is 50.4 Å². The van der Waals surface area contributed by atoms with Gasteiger partial charge in [0.15, 0.2) is 0 Å². The minimum Gasteiger partial charge on any atom is -0.292 e. The fraction of sp³-hybridized carbons (Fsp3) is 0.417. The van der Waals surface area contributed by atoms with Crippen LogP contribution >= 0.6 is 0 Å². The number of hydrogen-bond donors (Lipinski definition) is 0. The molecular weight excluding hydrogens is 407 g/mol. The van der Waals surface area contributed by atoms with Gasteiger partial charge in [-0.25, -0.2) is 14.4 Å². The van der Waals surface area contributed by atoms with Crippen molar-refractivity contribution in [2.45, 2.75) is 51.7 Å². The molecule has 1 unspecified atom stereocenters. The van der Waals surface area contributed by atoms with Crippen molar-refractivity contribution in [1.82, 2.24) is 24.6 Å². The second kappa shape index (κ2) is 8.43. The van der Waals surface area contributed by atoms with Gasteiger partial charge in [0.25, 0.3) is 0 Å². The predicted octanol–water partition coefficient (Wildman–Crippen LogP) is 3.47. The third kappa shape index (κ3) is 4.02. The zero-order valence-electron chi connectivity index (χ0n) is 18.5. The molecule has 32 heavy (non-hydrogen) atoms. The number of hydrogen-bond acceptors (Lipinski definition) is 5. The van der Waals surface area contributed by atoms with Crippen LogP contribution < -0.4 is 4.90 Å². The highest BCUT2D eigenvalue weighted by Gasteiger charge is 2.33. The zero-order valence-corrected chi connectivity index (χ0v) is 18.5. The first-order valence-corrected chi connectivity index (χ1v) is 11.1. The third-order valence-corrected chi connectivity index (χ3v) is 6.41. The van der Waals surface area contributed by atoms with Gasteiger partial charge in [0, 0.05) is 43.0 Å². The molecule has 8 heteroatoms. The van der Waals surface area contributed by atoms with Crippen LogP contribution in [0.1, 0.15) is 53.5 Å². The molecule has 3 aromatic rings. The topological polar surface area (TPSA) is 67.2 Å². The second-order valence-electron chi connectivity index (χ2n) is 8.73. The van der Waals surface area contributed by atoms with E-state index in [2.05, 4.69) is 10.00 Å². The Hall–Kier alpha value is -3.13. The first kappa shape index (κ1) is 20.8. The predicted molar refractivity (Wildman–Crippen MR) is 118 cm³/mol. The Morgan fingerprint density at radius 2 is 1.91 bits per heavy atom. The number of aromatic nitrogens is 4. The molecule has 1 saturated heterocycles. The summed E-state index contributed by atoms with van der Waals surface area (Å²) in [5.74, 6) is 1.25. The summed E-state index contributed by atoms with van der Waals surface area (Å²) in [4.78, 5) is 26.8. The van der Waals surface area contributed by atoms with Gasteiger partial charge in [0.05, 0.1) is 18.8 Å². The van der Waals surface area contributed by atoms with Crippen LogP contribution in [0, 0.1) is 12.7 Å². The van der Waals surface area contributed by atoms with Crippen LogP contribution in [0.4, 0.5) is 10.2 Å². The van der Waals surface area contributed by atoms with Crippen LogP contribution in [0.2, 0.25) is 0 Å². The highest BCUT2D eigenvalue weighted by Crippen LogP contribution is 2.35. The van der Waals surface area contributed by atoms with E-state index in [9.17, 15) is 9.18 Å². The summed E-state index contributed by atoms with van der Waals surface area (Å²) in [7, 11) is 1.92. The van der Waals surface area contributed by atoms with Gasteiger partial charge in [-0.3, -0.25) is 19.3 Å². The molecule has 2 aromatic heterocycles. The summed E-state index contributed by atoms with van der Waals surface area (Å²) in [6, 6.07) is 6.41. The number of rotatable bonds is 5. The smallest absolute Gasteiger partial charge is 0.228 e. The third-order valence-electron chi connectivity index (χ3n) is 6.41. The number of likely N-dealkylation sites (tertiary alicyclic amines) is 1. The van der Waals surface area contributed by atoms with Crippen LogP contribution in [0.3, 0.4) is 0 Å². The van der Waals surface area contributed by atoms with E-state index in [1.54, 1.807) is 17.0 Å². The number of aryl methyl sites for hydroxylation is 2. The van der Waals surface area contributed by atoms with Crippen molar-refractivity contribution in [2.24, 2.45) is 7.05 Å². The molecular formula is C24H27FN6O. The van der Waals surface area contributed by atoms with Gasteiger partial charge in [-0.2, -0.15) is 5.10 Å². The number of carbonyl (C=O) groups is 1. The standard InChI is InChI=1S/C24H27FN6O/c1-16-20-9-10-22(32)31(15-17-5-7-19(25)8-6-17)24(20)28-23(27-16)21-4-3-11-30(21)14-18-12-26-29(2)13-18/h5-8,12-13,21H,3-4,9-11,14-15H2,1-2H3. The van der Waals surface area contributed by atoms with Crippen molar-refractivity contribution >= 4 is 11.7 Å². The minimum absolute atomic E-state index is 0.0458. The van der Waals surface area contributed by atoms with Crippen LogP contribution in [-0.4, -0.2) is 37.1 Å². The van der Waals surface area contributed by atoms with Crippen LogP contribution in [0.15, 0.2) is 36.7 Å². The first-order chi connectivity index (χ1) is 15.5. The van der Waals surface area contributed by atoms with E-state index in [0.717, 1.165) is 48.6 Å². The van der Waals surface area contributed by atoms with Gasteiger partial charge < -0.3 is 0 Å². The van der Waals surface area contributed by atoms with E-state index in [1.165, 1.54) is 17.7 Å². The number of halogens is 1. The van der Waals surface area contributed by atoms with Crippen molar-refractivity contribution < 1.29 is 9.18 Å². The van der Waals surface area contributed by atoms with Gasteiger partial charge in [-0.1, -0.05) is 12.1 Å². The average molecular weight is 435 g/mol. The molecule has 2 aliphatic rings. The van der Waals surface area contributed by atoms with E-state index in [1.807, 2.05) is 31.0 Å². The lowest BCUT2D eigenvalue weighted by atomic mass is 10.0. The molecule has 0 spiro atoms. The molecule has 0 radical (unpaired) electrons. The monoisotopic (exact) mass is 434 g/mol. The lowest BCUT2D eigenvalue weighted by Crippen LogP contribution is -2.37. The molecule has 0 N–H and O–H groups in total. The molecule has 1 amide bonds. The van der Waals surface area contributed by atoms with E-state index in [0.29, 0.717) is 25.2 Å². The lowest BCUT2D eigenvalue weighted by molar-refractivity contribution is -0.119. The fourth-order valence-electron chi connectivity index (χ4n) is 4.78.